The molecule has 2 N–H and O–H groups in total. The van der Waals surface area contributed by atoms with Crippen LogP contribution >= 0.6 is 0 Å². The van der Waals surface area contributed by atoms with E-state index in [0.29, 0.717) is 11.6 Å². The number of aryl methyl sites for hydroxylation is 1. The summed E-state index contributed by atoms with van der Waals surface area (Å²) >= 11 is 0. The van der Waals surface area contributed by atoms with Crippen LogP contribution in [0.25, 0.3) is 5.95 Å². The number of hydrogen-bond donors (Lipinski definition) is 1. The Balaban J connectivity index is 2.48. The Morgan fingerprint density at radius 2 is 2.11 bits per heavy atom. The summed E-state index contributed by atoms with van der Waals surface area (Å²) in [4.78, 5) is 19.7. The molecule has 0 saturated carbocycles. The Hall–Kier alpha value is -2.64. The smallest absolute Gasteiger partial charge is 0.360 e. The van der Waals surface area contributed by atoms with Gasteiger partial charge in [-0.1, -0.05) is 0 Å². The monoisotopic (exact) mass is 263 g/mol. The number of methoxy groups -OCH3 is 2. The van der Waals surface area contributed by atoms with Crippen molar-refractivity contribution >= 4 is 11.7 Å². The summed E-state index contributed by atoms with van der Waals surface area (Å²) in [6.07, 6.45) is 1.44. The molecule has 0 aliphatic heterocycles. The van der Waals surface area contributed by atoms with Crippen molar-refractivity contribution in [2.75, 3.05) is 20.0 Å². The van der Waals surface area contributed by atoms with E-state index in [-0.39, 0.29) is 17.3 Å². The van der Waals surface area contributed by atoms with Crippen LogP contribution in [0.5, 0.6) is 5.88 Å². The minimum atomic E-state index is -0.615. The first-order valence-electron chi connectivity index (χ1n) is 5.38. The van der Waals surface area contributed by atoms with Gasteiger partial charge in [-0.15, -0.1) is 0 Å². The van der Waals surface area contributed by atoms with Crippen LogP contribution in [0.15, 0.2) is 12.3 Å². The predicted molar refractivity (Wildman–Crippen MR) is 66.2 cm³/mol. The second-order valence-corrected chi connectivity index (χ2v) is 3.72. The molecule has 0 radical (unpaired) electrons. The van der Waals surface area contributed by atoms with E-state index in [1.165, 1.54) is 25.1 Å². The highest BCUT2D eigenvalue weighted by Crippen LogP contribution is 2.15. The van der Waals surface area contributed by atoms with Crippen LogP contribution in [0.1, 0.15) is 16.2 Å². The Bertz CT molecular complexity index is 623. The number of esters is 1. The maximum atomic E-state index is 11.4. The number of ether oxygens (including phenoxy) is 2. The minimum absolute atomic E-state index is 0.0200. The molecule has 0 amide bonds. The van der Waals surface area contributed by atoms with E-state index in [0.717, 1.165) is 0 Å². The fourth-order valence-corrected chi connectivity index (χ4v) is 1.48. The summed E-state index contributed by atoms with van der Waals surface area (Å²) in [5, 5.41) is 4.00. The predicted octanol–water partition coefficient (Wildman–Crippen LogP) is 0.348. The zero-order valence-electron chi connectivity index (χ0n) is 10.7. The van der Waals surface area contributed by atoms with Crippen LogP contribution in [0.4, 0.5) is 5.69 Å². The zero-order chi connectivity index (χ0) is 14.0. The molecular formula is C11H13N5O3. The van der Waals surface area contributed by atoms with Crippen LogP contribution < -0.4 is 10.5 Å². The Morgan fingerprint density at radius 1 is 1.37 bits per heavy atom. The van der Waals surface area contributed by atoms with Crippen LogP contribution in [0.2, 0.25) is 0 Å². The molecule has 8 nitrogen and oxygen atoms in total. The van der Waals surface area contributed by atoms with Gasteiger partial charge in [0.2, 0.25) is 5.88 Å². The first kappa shape index (κ1) is 12.8. The Labute approximate surface area is 109 Å². The molecule has 100 valence electrons. The lowest BCUT2D eigenvalue weighted by molar-refractivity contribution is 0.0594. The first-order valence-corrected chi connectivity index (χ1v) is 5.38. The number of nitrogens with zero attached hydrogens (tertiary/aromatic N) is 4. The van der Waals surface area contributed by atoms with Crippen molar-refractivity contribution in [2.24, 2.45) is 0 Å². The zero-order valence-corrected chi connectivity index (χ0v) is 10.7. The van der Waals surface area contributed by atoms with Gasteiger partial charge < -0.3 is 15.2 Å². The molecule has 2 aromatic heterocycles. The molecule has 2 aromatic rings. The van der Waals surface area contributed by atoms with Gasteiger partial charge in [-0.25, -0.2) is 14.5 Å². The molecule has 0 bridgehead atoms. The number of anilines is 1. The lowest BCUT2D eigenvalue weighted by atomic mass is 10.4. The van der Waals surface area contributed by atoms with Gasteiger partial charge in [0.05, 0.1) is 26.1 Å². The number of hydrogen-bond acceptors (Lipinski definition) is 7. The summed E-state index contributed by atoms with van der Waals surface area (Å²) in [6, 6.07) is 1.68. The number of nitrogens with two attached hydrogens (primary N) is 1. The van der Waals surface area contributed by atoms with Crippen molar-refractivity contribution in [1.82, 2.24) is 19.7 Å². The lowest BCUT2D eigenvalue weighted by Crippen LogP contribution is -2.08. The molecule has 2 heterocycles. The van der Waals surface area contributed by atoms with E-state index in [9.17, 15) is 4.79 Å². The summed E-state index contributed by atoms with van der Waals surface area (Å²) < 4.78 is 10.9. The highest BCUT2D eigenvalue weighted by Gasteiger charge is 2.17. The largest absolute Gasteiger partial charge is 0.481 e. The Morgan fingerprint density at radius 3 is 2.74 bits per heavy atom. The molecule has 0 saturated heterocycles. The average Bonchev–Trinajstić information content (AvgIpc) is 2.79. The number of carbonyl (C=O) groups is 1. The molecule has 8 heteroatoms. The fraction of sp³-hybridized carbons (Fsp3) is 0.273. The van der Waals surface area contributed by atoms with E-state index in [4.69, 9.17) is 10.5 Å². The van der Waals surface area contributed by atoms with Gasteiger partial charge in [0, 0.05) is 11.8 Å². The van der Waals surface area contributed by atoms with Crippen molar-refractivity contribution in [3.8, 4) is 11.8 Å². The number of nitrogen functional groups attached to an aromatic ring is 1. The topological polar surface area (TPSA) is 105 Å². The molecule has 0 aliphatic carbocycles. The van der Waals surface area contributed by atoms with Crippen LogP contribution in [0, 0.1) is 6.92 Å². The number of carbonyl (C=O) groups excluding carboxylic acids is 1. The lowest BCUT2D eigenvalue weighted by Gasteiger charge is -2.04. The van der Waals surface area contributed by atoms with E-state index >= 15 is 0 Å². The molecule has 0 aliphatic rings. The van der Waals surface area contributed by atoms with E-state index < -0.39 is 5.97 Å². The summed E-state index contributed by atoms with van der Waals surface area (Å²) in [6.45, 7) is 1.79. The molecule has 0 spiro atoms. The molecule has 0 aromatic carbocycles. The minimum Gasteiger partial charge on any atom is -0.481 e. The summed E-state index contributed by atoms with van der Waals surface area (Å²) in [5.74, 6) is 0.0470. The van der Waals surface area contributed by atoms with Gasteiger partial charge >= 0.3 is 5.97 Å². The quantitative estimate of drug-likeness (QED) is 0.796. The van der Waals surface area contributed by atoms with Crippen molar-refractivity contribution < 1.29 is 14.3 Å². The summed E-state index contributed by atoms with van der Waals surface area (Å²) in [5.41, 5.74) is 6.61. The molecule has 0 unspecified atom stereocenters. The standard InChI is InChI=1S/C11H13N5O3/c1-6-4-8(18-2)14-11(13-6)16-5-7(12)9(15-16)10(17)19-3/h4-5H,12H2,1-3H3. The van der Waals surface area contributed by atoms with Gasteiger partial charge in [0.25, 0.3) is 5.95 Å². The molecule has 0 atom stereocenters. The third-order valence-electron chi connectivity index (χ3n) is 2.35. The van der Waals surface area contributed by atoms with Gasteiger partial charge in [0.1, 0.15) is 0 Å². The number of rotatable bonds is 3. The molecule has 0 fully saturated rings. The van der Waals surface area contributed by atoms with Crippen molar-refractivity contribution in [2.45, 2.75) is 6.92 Å². The fourth-order valence-electron chi connectivity index (χ4n) is 1.48. The van der Waals surface area contributed by atoms with E-state index in [1.807, 2.05) is 0 Å². The van der Waals surface area contributed by atoms with Crippen molar-refractivity contribution in [1.29, 1.82) is 0 Å². The van der Waals surface area contributed by atoms with Gasteiger partial charge in [-0.2, -0.15) is 10.1 Å². The van der Waals surface area contributed by atoms with Gasteiger partial charge in [-0.3, -0.25) is 0 Å². The molecular weight excluding hydrogens is 250 g/mol. The van der Waals surface area contributed by atoms with Crippen LogP contribution in [-0.4, -0.2) is 39.9 Å². The maximum absolute atomic E-state index is 11.4. The Kier molecular flexibility index (Phi) is 3.32. The third-order valence-corrected chi connectivity index (χ3v) is 2.35. The van der Waals surface area contributed by atoms with Gasteiger partial charge in [-0.05, 0) is 6.92 Å². The third kappa shape index (κ3) is 2.46. The second-order valence-electron chi connectivity index (χ2n) is 3.72. The van der Waals surface area contributed by atoms with Crippen molar-refractivity contribution in [3.05, 3.63) is 23.7 Å². The summed E-state index contributed by atoms with van der Waals surface area (Å²) in [7, 11) is 2.76. The van der Waals surface area contributed by atoms with Crippen LogP contribution in [0.3, 0.4) is 0 Å². The molecule has 19 heavy (non-hydrogen) atoms. The average molecular weight is 263 g/mol. The normalized spacial score (nSPS) is 10.3. The maximum Gasteiger partial charge on any atom is 0.360 e. The van der Waals surface area contributed by atoms with Gasteiger partial charge in [0.15, 0.2) is 5.69 Å². The number of aromatic nitrogens is 4. The van der Waals surface area contributed by atoms with E-state index in [1.54, 1.807) is 13.0 Å². The molecule has 2 rings (SSSR count). The van der Waals surface area contributed by atoms with Crippen molar-refractivity contribution in [3.63, 3.8) is 0 Å². The SMILES string of the molecule is COC(=O)c1nn(-c2nc(C)cc(OC)n2)cc1N. The highest BCUT2D eigenvalue weighted by molar-refractivity contribution is 5.92. The highest BCUT2D eigenvalue weighted by atomic mass is 16.5. The van der Waals surface area contributed by atoms with E-state index in [2.05, 4.69) is 19.8 Å². The van der Waals surface area contributed by atoms with Crippen LogP contribution in [-0.2, 0) is 4.74 Å². The first-order chi connectivity index (χ1) is 9.05. The second kappa shape index (κ2) is 4.92.